The number of amides is 1. The van der Waals surface area contributed by atoms with Crippen LogP contribution in [0.25, 0.3) is 11.3 Å². The van der Waals surface area contributed by atoms with Gasteiger partial charge in [-0.3, -0.25) is 20.0 Å². The van der Waals surface area contributed by atoms with Crippen molar-refractivity contribution in [3.05, 3.63) is 97.1 Å². The lowest BCUT2D eigenvalue weighted by Crippen LogP contribution is -2.12. The molecule has 0 fully saturated rings. The summed E-state index contributed by atoms with van der Waals surface area (Å²) in [5.74, 6) is 0.279. The minimum atomic E-state index is -0.546. The number of nitro benzene ring substituents is 1. The van der Waals surface area contributed by atoms with E-state index in [1.807, 2.05) is 32.9 Å². The first-order valence-corrected chi connectivity index (χ1v) is 11.2. The number of aromatic nitrogens is 2. The van der Waals surface area contributed by atoms with Gasteiger partial charge in [-0.25, -0.2) is 0 Å². The molecule has 10 heteroatoms. The molecule has 0 aliphatic carbocycles. The van der Waals surface area contributed by atoms with Crippen LogP contribution in [0.15, 0.2) is 54.6 Å². The van der Waals surface area contributed by atoms with Crippen LogP contribution in [-0.4, -0.2) is 21.0 Å². The molecule has 3 aromatic carbocycles. The van der Waals surface area contributed by atoms with Crippen LogP contribution in [-0.2, 0) is 0 Å². The van der Waals surface area contributed by atoms with E-state index in [4.69, 9.17) is 27.9 Å². The summed E-state index contributed by atoms with van der Waals surface area (Å²) in [7, 11) is 0. The number of H-pyrrole nitrogens is 1. The second kappa shape index (κ2) is 9.77. The fourth-order valence-electron chi connectivity index (χ4n) is 3.49. The smallest absolute Gasteiger partial charge is 0.275 e. The van der Waals surface area contributed by atoms with E-state index in [-0.39, 0.29) is 22.8 Å². The largest absolute Gasteiger partial charge is 0.457 e. The molecule has 0 spiro atoms. The Bertz CT molecular complexity index is 1470. The Labute approximate surface area is 211 Å². The second-order valence-corrected chi connectivity index (χ2v) is 8.84. The zero-order valence-corrected chi connectivity index (χ0v) is 20.5. The maximum Gasteiger partial charge on any atom is 0.275 e. The van der Waals surface area contributed by atoms with Crippen LogP contribution in [0.5, 0.6) is 11.5 Å². The van der Waals surface area contributed by atoms with Crippen molar-refractivity contribution in [2.24, 2.45) is 0 Å². The van der Waals surface area contributed by atoms with Gasteiger partial charge in [0.2, 0.25) is 0 Å². The first kappa shape index (κ1) is 24.3. The third-order valence-electron chi connectivity index (χ3n) is 5.39. The van der Waals surface area contributed by atoms with Gasteiger partial charge in [-0.2, -0.15) is 5.10 Å². The Morgan fingerprint density at radius 3 is 2.51 bits per heavy atom. The Balaban J connectivity index is 1.60. The number of ether oxygens (including phenoxy) is 1. The highest BCUT2D eigenvalue weighted by molar-refractivity contribution is 6.42. The Kier molecular flexibility index (Phi) is 6.77. The van der Waals surface area contributed by atoms with Crippen molar-refractivity contribution in [2.45, 2.75) is 20.8 Å². The Hall–Kier alpha value is -3.88. The lowest BCUT2D eigenvalue weighted by molar-refractivity contribution is -0.384. The fraction of sp³-hybridized carbons (Fsp3) is 0.120. The third kappa shape index (κ3) is 5.45. The number of aromatic amines is 1. The number of nitro groups is 1. The number of non-ortho nitro benzene ring substituents is 1. The molecule has 35 heavy (non-hydrogen) atoms. The van der Waals surface area contributed by atoms with Crippen molar-refractivity contribution in [3.8, 4) is 22.8 Å². The van der Waals surface area contributed by atoms with E-state index in [9.17, 15) is 14.9 Å². The summed E-state index contributed by atoms with van der Waals surface area (Å²) < 4.78 is 5.97. The number of hydrogen-bond donors (Lipinski definition) is 2. The SMILES string of the molecule is Cc1cc(C)c(C)c(Oc2cc(NC(=O)c3cc(-c4ccc(Cl)c(Cl)c4)n[nH]3)cc([N+](=O)[O-])c2)c1. The monoisotopic (exact) mass is 510 g/mol. The average Bonchev–Trinajstić information content (AvgIpc) is 3.29. The highest BCUT2D eigenvalue weighted by Gasteiger charge is 2.17. The van der Waals surface area contributed by atoms with Gasteiger partial charge in [0.05, 0.1) is 32.4 Å². The summed E-state index contributed by atoms with van der Waals surface area (Å²) in [6.45, 7) is 5.81. The maximum absolute atomic E-state index is 12.8. The number of carbonyl (C=O) groups is 1. The molecule has 0 saturated heterocycles. The van der Waals surface area contributed by atoms with Crippen molar-refractivity contribution in [1.29, 1.82) is 0 Å². The number of aryl methyl sites for hydroxylation is 2. The minimum Gasteiger partial charge on any atom is -0.457 e. The van der Waals surface area contributed by atoms with Crippen LogP contribution in [0, 0.1) is 30.9 Å². The van der Waals surface area contributed by atoms with E-state index in [0.29, 0.717) is 27.1 Å². The number of nitrogens with one attached hydrogen (secondary N) is 2. The van der Waals surface area contributed by atoms with Gasteiger partial charge >= 0.3 is 0 Å². The molecule has 4 rings (SSSR count). The van der Waals surface area contributed by atoms with E-state index >= 15 is 0 Å². The summed E-state index contributed by atoms with van der Waals surface area (Å²) in [4.78, 5) is 23.8. The molecular formula is C25H20Cl2N4O4. The zero-order valence-electron chi connectivity index (χ0n) is 19.0. The third-order valence-corrected chi connectivity index (χ3v) is 6.13. The number of benzene rings is 3. The normalized spacial score (nSPS) is 10.8. The molecule has 0 saturated carbocycles. The molecule has 4 aromatic rings. The molecule has 0 bridgehead atoms. The van der Waals surface area contributed by atoms with Crippen LogP contribution < -0.4 is 10.1 Å². The number of carbonyl (C=O) groups excluding carboxylic acids is 1. The zero-order chi connectivity index (χ0) is 25.3. The Morgan fingerprint density at radius 2 is 1.80 bits per heavy atom. The number of hydrogen-bond acceptors (Lipinski definition) is 5. The summed E-state index contributed by atoms with van der Waals surface area (Å²) in [6, 6.07) is 14.5. The number of nitrogens with zero attached hydrogens (tertiary/aromatic N) is 2. The summed E-state index contributed by atoms with van der Waals surface area (Å²) in [6.07, 6.45) is 0. The predicted molar refractivity (Wildman–Crippen MR) is 136 cm³/mol. The highest BCUT2D eigenvalue weighted by Crippen LogP contribution is 2.33. The van der Waals surface area contributed by atoms with Crippen LogP contribution in [0.3, 0.4) is 0 Å². The second-order valence-electron chi connectivity index (χ2n) is 8.03. The van der Waals surface area contributed by atoms with Gasteiger partial charge in [0.1, 0.15) is 17.2 Å². The first-order chi connectivity index (χ1) is 16.6. The van der Waals surface area contributed by atoms with E-state index in [2.05, 4.69) is 15.5 Å². The number of rotatable bonds is 6. The molecule has 1 aromatic heterocycles. The van der Waals surface area contributed by atoms with Crippen molar-refractivity contribution >= 4 is 40.5 Å². The van der Waals surface area contributed by atoms with Crippen molar-refractivity contribution in [3.63, 3.8) is 0 Å². The van der Waals surface area contributed by atoms with Crippen LogP contribution in [0.2, 0.25) is 10.0 Å². The first-order valence-electron chi connectivity index (χ1n) is 10.5. The van der Waals surface area contributed by atoms with Crippen LogP contribution in [0.4, 0.5) is 11.4 Å². The minimum absolute atomic E-state index is 0.158. The lowest BCUT2D eigenvalue weighted by atomic mass is 10.1. The fourth-order valence-corrected chi connectivity index (χ4v) is 3.79. The van der Waals surface area contributed by atoms with Gasteiger partial charge in [0, 0.05) is 17.7 Å². The molecule has 1 heterocycles. The molecule has 0 aliphatic rings. The molecule has 0 aliphatic heterocycles. The van der Waals surface area contributed by atoms with Crippen molar-refractivity contribution in [2.75, 3.05) is 5.32 Å². The molecular weight excluding hydrogens is 491 g/mol. The maximum atomic E-state index is 12.8. The molecule has 8 nitrogen and oxygen atoms in total. The molecule has 0 unspecified atom stereocenters. The molecule has 1 amide bonds. The van der Waals surface area contributed by atoms with Gasteiger partial charge in [-0.1, -0.05) is 35.3 Å². The topological polar surface area (TPSA) is 110 Å². The summed E-state index contributed by atoms with van der Waals surface area (Å²) >= 11 is 12.0. The van der Waals surface area contributed by atoms with Crippen molar-refractivity contribution < 1.29 is 14.5 Å². The van der Waals surface area contributed by atoms with Crippen molar-refractivity contribution in [1.82, 2.24) is 10.2 Å². The highest BCUT2D eigenvalue weighted by atomic mass is 35.5. The van der Waals surface area contributed by atoms with E-state index in [1.165, 1.54) is 18.2 Å². The summed E-state index contributed by atoms with van der Waals surface area (Å²) in [5.41, 5.74) is 4.25. The van der Waals surface area contributed by atoms with E-state index < -0.39 is 10.8 Å². The van der Waals surface area contributed by atoms with Gasteiger partial charge in [0.15, 0.2) is 0 Å². The van der Waals surface area contributed by atoms with Gasteiger partial charge in [-0.15, -0.1) is 0 Å². The molecule has 178 valence electrons. The van der Waals surface area contributed by atoms with Gasteiger partial charge in [-0.05, 0) is 61.7 Å². The van der Waals surface area contributed by atoms with Gasteiger partial charge < -0.3 is 10.1 Å². The standard InChI is InChI=1S/C25H20Cl2N4O4/c1-13-6-14(2)15(3)24(7-13)35-19-10-17(9-18(11-19)31(33)34)28-25(32)23-12-22(29-30-23)16-4-5-20(26)21(27)8-16/h4-12H,1-3H3,(H,28,32)(H,29,30). The molecule has 2 N–H and O–H groups in total. The van der Waals surface area contributed by atoms with E-state index in [0.717, 1.165) is 16.7 Å². The van der Waals surface area contributed by atoms with Crippen LogP contribution in [0.1, 0.15) is 27.2 Å². The number of anilines is 1. The molecule has 0 radical (unpaired) electrons. The quantitative estimate of drug-likeness (QED) is 0.209. The lowest BCUT2D eigenvalue weighted by Gasteiger charge is -2.13. The number of halogens is 2. The van der Waals surface area contributed by atoms with Gasteiger partial charge in [0.25, 0.3) is 11.6 Å². The predicted octanol–water partition coefficient (Wildman–Crippen LogP) is 7.26. The van der Waals surface area contributed by atoms with Crippen LogP contribution >= 0.6 is 23.2 Å². The average molecular weight is 511 g/mol. The summed E-state index contributed by atoms with van der Waals surface area (Å²) in [5, 5.41) is 21.7. The molecule has 0 atom stereocenters. The Morgan fingerprint density at radius 1 is 1.03 bits per heavy atom. The van der Waals surface area contributed by atoms with E-state index in [1.54, 1.807) is 24.3 Å².